The second kappa shape index (κ2) is 7.13. The molecule has 2 atom stereocenters. The van der Waals surface area contributed by atoms with Gasteiger partial charge in [0.1, 0.15) is 0 Å². The van der Waals surface area contributed by atoms with Gasteiger partial charge in [-0.05, 0) is 62.3 Å². The zero-order valence-corrected chi connectivity index (χ0v) is 14.6. The zero-order valence-electron chi connectivity index (χ0n) is 13.8. The number of carbonyl (C=O) groups excluding carboxylic acids is 1. The van der Waals surface area contributed by atoms with Crippen LogP contribution in [0.15, 0.2) is 29.2 Å². The van der Waals surface area contributed by atoms with Gasteiger partial charge in [-0.15, -0.1) is 0 Å². The minimum atomic E-state index is -3.52. The van der Waals surface area contributed by atoms with Crippen molar-refractivity contribution in [2.24, 2.45) is 17.8 Å². The molecule has 1 aromatic carbocycles. The summed E-state index contributed by atoms with van der Waals surface area (Å²) in [4.78, 5) is 23.3. The van der Waals surface area contributed by atoms with Gasteiger partial charge >= 0.3 is 5.97 Å². The number of rotatable bonds is 7. The fourth-order valence-electron chi connectivity index (χ4n) is 3.04. The summed E-state index contributed by atoms with van der Waals surface area (Å²) in [7, 11) is -3.52. The van der Waals surface area contributed by atoms with E-state index in [9.17, 15) is 18.0 Å². The smallest absolute Gasteiger partial charge is 0.306 e. The van der Waals surface area contributed by atoms with Gasteiger partial charge in [-0.3, -0.25) is 9.59 Å². The molecular formula is C17H22N2O5S. The molecule has 2 aliphatic rings. The number of nitrogens with one attached hydrogen (secondary N) is 2. The Morgan fingerprint density at radius 3 is 2.24 bits per heavy atom. The standard InChI is InChI=1S/C17H22N2O5S/c20-16(12-3-4-13(9-12)17(21)22)19-14-5-7-15(8-6-14)25(23,24)18-10-11-1-2-11/h5-8,11-13,18H,1-4,9-10H2,(H,19,20)(H,21,22)/t12-,13+/m0/s1. The van der Waals surface area contributed by atoms with Crippen molar-refractivity contribution < 1.29 is 23.1 Å². The molecule has 136 valence electrons. The highest BCUT2D eigenvalue weighted by Gasteiger charge is 2.33. The predicted octanol–water partition coefficient (Wildman–Crippen LogP) is 1.81. The van der Waals surface area contributed by atoms with E-state index >= 15 is 0 Å². The molecule has 0 unspecified atom stereocenters. The summed E-state index contributed by atoms with van der Waals surface area (Å²) < 4.78 is 26.9. The van der Waals surface area contributed by atoms with E-state index in [1.165, 1.54) is 12.1 Å². The lowest BCUT2D eigenvalue weighted by molar-refractivity contribution is -0.141. The van der Waals surface area contributed by atoms with Crippen molar-refractivity contribution in [2.75, 3.05) is 11.9 Å². The normalized spacial score (nSPS) is 23.4. The number of carboxylic acids is 1. The Hall–Kier alpha value is -1.93. The van der Waals surface area contributed by atoms with Crippen LogP contribution in [0, 0.1) is 17.8 Å². The summed E-state index contributed by atoms with van der Waals surface area (Å²) in [5, 5.41) is 11.7. The summed E-state index contributed by atoms with van der Waals surface area (Å²) in [6.07, 6.45) is 3.55. The summed E-state index contributed by atoms with van der Waals surface area (Å²) >= 11 is 0. The Bertz CT molecular complexity index is 756. The second-order valence-corrected chi connectivity index (χ2v) is 8.62. The van der Waals surface area contributed by atoms with Crippen LogP contribution in [0.25, 0.3) is 0 Å². The van der Waals surface area contributed by atoms with E-state index in [2.05, 4.69) is 10.0 Å². The first-order valence-electron chi connectivity index (χ1n) is 8.48. The van der Waals surface area contributed by atoms with Crippen molar-refractivity contribution in [2.45, 2.75) is 37.0 Å². The van der Waals surface area contributed by atoms with Gasteiger partial charge in [0.15, 0.2) is 0 Å². The highest BCUT2D eigenvalue weighted by atomic mass is 32.2. The molecule has 2 saturated carbocycles. The van der Waals surface area contributed by atoms with E-state index in [0.29, 0.717) is 37.4 Å². The Morgan fingerprint density at radius 1 is 1.04 bits per heavy atom. The van der Waals surface area contributed by atoms with Crippen LogP contribution in [0.2, 0.25) is 0 Å². The Kier molecular flexibility index (Phi) is 5.10. The molecule has 3 rings (SSSR count). The van der Waals surface area contributed by atoms with Gasteiger partial charge in [-0.25, -0.2) is 13.1 Å². The maximum absolute atomic E-state index is 12.2. The number of benzene rings is 1. The molecule has 2 fully saturated rings. The fourth-order valence-corrected chi connectivity index (χ4v) is 4.15. The van der Waals surface area contributed by atoms with Gasteiger partial charge in [0.2, 0.25) is 15.9 Å². The monoisotopic (exact) mass is 366 g/mol. The largest absolute Gasteiger partial charge is 0.481 e. The van der Waals surface area contributed by atoms with E-state index in [4.69, 9.17) is 5.11 Å². The van der Waals surface area contributed by atoms with Crippen LogP contribution in [-0.4, -0.2) is 31.9 Å². The molecule has 0 aromatic heterocycles. The van der Waals surface area contributed by atoms with E-state index in [1.807, 2.05) is 0 Å². The fraction of sp³-hybridized carbons (Fsp3) is 0.529. The van der Waals surface area contributed by atoms with Crippen LogP contribution in [0.3, 0.4) is 0 Å². The number of aliphatic carboxylic acids is 1. The highest BCUT2D eigenvalue weighted by Crippen LogP contribution is 2.32. The molecule has 25 heavy (non-hydrogen) atoms. The SMILES string of the molecule is O=C(O)[C@@H]1CC[C@H](C(=O)Nc2ccc(S(=O)(=O)NCC3CC3)cc2)C1. The molecular weight excluding hydrogens is 344 g/mol. The third-order valence-electron chi connectivity index (χ3n) is 4.84. The Balaban J connectivity index is 1.57. The average Bonchev–Trinajstić information content (AvgIpc) is 3.27. The Morgan fingerprint density at radius 2 is 1.68 bits per heavy atom. The summed E-state index contributed by atoms with van der Waals surface area (Å²) in [5.74, 6) is -1.39. The first kappa shape index (κ1) is 17.9. The van der Waals surface area contributed by atoms with E-state index in [1.54, 1.807) is 12.1 Å². The topological polar surface area (TPSA) is 113 Å². The van der Waals surface area contributed by atoms with Crippen LogP contribution >= 0.6 is 0 Å². The molecule has 2 aliphatic carbocycles. The van der Waals surface area contributed by atoms with Gasteiger partial charge in [0.25, 0.3) is 0 Å². The molecule has 0 aliphatic heterocycles. The number of anilines is 1. The number of carboxylic acid groups (broad SMARTS) is 1. The van der Waals surface area contributed by atoms with Gasteiger partial charge in [0, 0.05) is 18.2 Å². The number of carbonyl (C=O) groups is 2. The third-order valence-corrected chi connectivity index (χ3v) is 6.28. The number of sulfonamides is 1. The molecule has 0 spiro atoms. The van der Waals surface area contributed by atoms with Crippen molar-refractivity contribution in [3.05, 3.63) is 24.3 Å². The van der Waals surface area contributed by atoms with Crippen molar-refractivity contribution in [1.29, 1.82) is 0 Å². The summed E-state index contributed by atoms with van der Waals surface area (Å²) in [6, 6.07) is 6.01. The summed E-state index contributed by atoms with van der Waals surface area (Å²) in [6.45, 7) is 0.466. The van der Waals surface area contributed by atoms with Crippen LogP contribution in [-0.2, 0) is 19.6 Å². The van der Waals surface area contributed by atoms with Gasteiger partial charge in [-0.1, -0.05) is 0 Å². The first-order chi connectivity index (χ1) is 11.8. The molecule has 1 aromatic rings. The van der Waals surface area contributed by atoms with Crippen molar-refractivity contribution >= 4 is 27.6 Å². The number of amides is 1. The third kappa shape index (κ3) is 4.58. The quantitative estimate of drug-likeness (QED) is 0.681. The van der Waals surface area contributed by atoms with Gasteiger partial charge < -0.3 is 10.4 Å². The average molecular weight is 366 g/mol. The second-order valence-electron chi connectivity index (χ2n) is 6.85. The maximum atomic E-state index is 12.2. The number of hydrogen-bond donors (Lipinski definition) is 3. The van der Waals surface area contributed by atoms with Gasteiger partial charge in [-0.2, -0.15) is 0 Å². The molecule has 0 radical (unpaired) electrons. The van der Waals surface area contributed by atoms with E-state index in [0.717, 1.165) is 12.8 Å². The molecule has 0 saturated heterocycles. The first-order valence-corrected chi connectivity index (χ1v) is 9.97. The summed E-state index contributed by atoms with van der Waals surface area (Å²) in [5.41, 5.74) is 0.505. The minimum Gasteiger partial charge on any atom is -0.481 e. The van der Waals surface area contributed by atoms with Crippen LogP contribution < -0.4 is 10.0 Å². The lowest BCUT2D eigenvalue weighted by Gasteiger charge is -2.12. The zero-order chi connectivity index (χ0) is 18.0. The minimum absolute atomic E-state index is 0.165. The van der Waals surface area contributed by atoms with Gasteiger partial charge in [0.05, 0.1) is 10.8 Å². The molecule has 0 bridgehead atoms. The molecule has 0 heterocycles. The molecule has 1 amide bonds. The maximum Gasteiger partial charge on any atom is 0.306 e. The van der Waals surface area contributed by atoms with Crippen molar-refractivity contribution in [3.8, 4) is 0 Å². The predicted molar refractivity (Wildman–Crippen MR) is 91.5 cm³/mol. The lowest BCUT2D eigenvalue weighted by atomic mass is 10.0. The highest BCUT2D eigenvalue weighted by molar-refractivity contribution is 7.89. The van der Waals surface area contributed by atoms with Crippen LogP contribution in [0.5, 0.6) is 0 Å². The lowest BCUT2D eigenvalue weighted by Crippen LogP contribution is -2.26. The molecule has 7 nitrogen and oxygen atoms in total. The van der Waals surface area contributed by atoms with Crippen molar-refractivity contribution in [3.63, 3.8) is 0 Å². The van der Waals surface area contributed by atoms with Crippen LogP contribution in [0.1, 0.15) is 32.1 Å². The van der Waals surface area contributed by atoms with E-state index in [-0.39, 0.29) is 16.7 Å². The van der Waals surface area contributed by atoms with E-state index < -0.39 is 21.9 Å². The Labute approximate surface area is 146 Å². The number of hydrogen-bond acceptors (Lipinski definition) is 4. The molecule has 8 heteroatoms. The van der Waals surface area contributed by atoms with Crippen LogP contribution in [0.4, 0.5) is 5.69 Å². The van der Waals surface area contributed by atoms with Crippen molar-refractivity contribution in [1.82, 2.24) is 4.72 Å². The molecule has 3 N–H and O–H groups in total.